The van der Waals surface area contributed by atoms with Gasteiger partial charge in [-0.3, -0.25) is 4.79 Å². The number of ether oxygens (including phenoxy) is 1. The van der Waals surface area contributed by atoms with Crippen LogP contribution in [0.3, 0.4) is 0 Å². The van der Waals surface area contributed by atoms with Crippen molar-refractivity contribution in [2.45, 2.75) is 25.3 Å². The third-order valence-corrected chi connectivity index (χ3v) is 3.72. The molecule has 1 atom stereocenters. The Hall–Kier alpha value is -1.46. The summed E-state index contributed by atoms with van der Waals surface area (Å²) in [5.74, 6) is 0.602. The molecule has 2 aliphatic rings. The van der Waals surface area contributed by atoms with Gasteiger partial charge in [0.1, 0.15) is 5.75 Å². The monoisotopic (exact) mass is 297 g/mol. The van der Waals surface area contributed by atoms with Crippen LogP contribution in [0.5, 0.6) is 5.75 Å². The van der Waals surface area contributed by atoms with Gasteiger partial charge in [-0.05, 0) is 31.5 Å². The minimum Gasteiger partial charge on any atom is -0.492 e. The van der Waals surface area contributed by atoms with E-state index in [9.17, 15) is 4.79 Å². The van der Waals surface area contributed by atoms with Gasteiger partial charge in [-0.2, -0.15) is 0 Å². The van der Waals surface area contributed by atoms with Gasteiger partial charge in [0, 0.05) is 30.3 Å². The second-order valence-electron chi connectivity index (χ2n) is 5.16. The molecule has 4 N–H and O–H groups in total. The zero-order valence-corrected chi connectivity index (χ0v) is 12.1. The molecule has 6 heteroatoms. The molecule has 3 rings (SSSR count). The van der Waals surface area contributed by atoms with Crippen molar-refractivity contribution in [3.05, 3.63) is 23.3 Å². The van der Waals surface area contributed by atoms with Crippen LogP contribution in [-0.2, 0) is 6.42 Å². The van der Waals surface area contributed by atoms with Crippen molar-refractivity contribution < 1.29 is 9.53 Å². The van der Waals surface area contributed by atoms with Gasteiger partial charge in [0.15, 0.2) is 0 Å². The van der Waals surface area contributed by atoms with E-state index in [4.69, 9.17) is 10.5 Å². The molecule has 0 aromatic heterocycles. The topological polar surface area (TPSA) is 76.4 Å². The summed E-state index contributed by atoms with van der Waals surface area (Å²) in [6.45, 7) is 2.32. The number of amides is 1. The van der Waals surface area contributed by atoms with Gasteiger partial charge in [-0.15, -0.1) is 12.4 Å². The Labute approximate surface area is 124 Å². The van der Waals surface area contributed by atoms with Gasteiger partial charge < -0.3 is 21.1 Å². The van der Waals surface area contributed by atoms with Crippen LogP contribution in [0, 0.1) is 0 Å². The number of halogens is 1. The second-order valence-corrected chi connectivity index (χ2v) is 5.16. The van der Waals surface area contributed by atoms with Crippen LogP contribution < -0.4 is 21.1 Å². The van der Waals surface area contributed by atoms with Gasteiger partial charge in [0.2, 0.25) is 0 Å². The number of hydrogen-bond acceptors (Lipinski definition) is 4. The van der Waals surface area contributed by atoms with E-state index >= 15 is 0 Å². The van der Waals surface area contributed by atoms with E-state index in [1.165, 1.54) is 6.42 Å². The number of carbonyl (C=O) groups excluding carboxylic acids is 1. The summed E-state index contributed by atoms with van der Waals surface area (Å²) in [5, 5.41) is 6.32. The molecule has 20 heavy (non-hydrogen) atoms. The highest BCUT2D eigenvalue weighted by molar-refractivity contribution is 5.98. The van der Waals surface area contributed by atoms with E-state index in [-0.39, 0.29) is 18.3 Å². The fraction of sp³-hybridized carbons (Fsp3) is 0.500. The number of rotatable bonds is 3. The lowest BCUT2D eigenvalue weighted by atomic mass is 10.1. The molecule has 1 unspecified atom stereocenters. The molecule has 1 saturated heterocycles. The Morgan fingerprint density at radius 2 is 2.35 bits per heavy atom. The third kappa shape index (κ3) is 2.99. The average molecular weight is 298 g/mol. The van der Waals surface area contributed by atoms with Gasteiger partial charge in [-0.25, -0.2) is 0 Å². The standard InChI is InChI=1S/C14H19N3O2.ClH/c15-10-6-9-3-5-19-13(9)12(7-10)14(18)17-8-11-2-1-4-16-11;/h6-7,11,16H,1-5,8,15H2,(H,17,18);1H. The summed E-state index contributed by atoms with van der Waals surface area (Å²) >= 11 is 0. The van der Waals surface area contributed by atoms with Crippen molar-refractivity contribution in [2.75, 3.05) is 25.4 Å². The van der Waals surface area contributed by atoms with E-state index in [2.05, 4.69) is 10.6 Å². The third-order valence-electron chi connectivity index (χ3n) is 3.72. The number of anilines is 1. The molecule has 1 aromatic rings. The molecule has 0 aliphatic carbocycles. The number of nitrogens with one attached hydrogen (secondary N) is 2. The molecular formula is C14H20ClN3O2. The molecule has 0 saturated carbocycles. The van der Waals surface area contributed by atoms with Crippen molar-refractivity contribution >= 4 is 24.0 Å². The Balaban J connectivity index is 0.00000147. The second kappa shape index (κ2) is 6.33. The van der Waals surface area contributed by atoms with Crippen molar-refractivity contribution in [1.82, 2.24) is 10.6 Å². The maximum atomic E-state index is 12.2. The van der Waals surface area contributed by atoms with E-state index < -0.39 is 0 Å². The van der Waals surface area contributed by atoms with Crippen molar-refractivity contribution in [3.63, 3.8) is 0 Å². The number of nitrogens with two attached hydrogens (primary N) is 1. The first-order valence-corrected chi connectivity index (χ1v) is 6.81. The van der Waals surface area contributed by atoms with Crippen LogP contribution in [-0.4, -0.2) is 31.6 Å². The first-order valence-electron chi connectivity index (χ1n) is 6.81. The van der Waals surface area contributed by atoms with Crippen molar-refractivity contribution in [1.29, 1.82) is 0 Å². The first kappa shape index (κ1) is 14.9. The molecule has 0 spiro atoms. The van der Waals surface area contributed by atoms with E-state index in [1.54, 1.807) is 6.07 Å². The van der Waals surface area contributed by atoms with E-state index in [0.29, 0.717) is 36.2 Å². The zero-order valence-electron chi connectivity index (χ0n) is 11.3. The van der Waals surface area contributed by atoms with Crippen LogP contribution >= 0.6 is 12.4 Å². The highest BCUT2D eigenvalue weighted by Crippen LogP contribution is 2.31. The van der Waals surface area contributed by atoms with Crippen molar-refractivity contribution in [3.8, 4) is 5.75 Å². The van der Waals surface area contributed by atoms with E-state index in [1.807, 2.05) is 6.07 Å². The molecule has 5 nitrogen and oxygen atoms in total. The Kier molecular flexibility index (Phi) is 4.73. The maximum absolute atomic E-state index is 12.2. The maximum Gasteiger partial charge on any atom is 0.255 e. The van der Waals surface area contributed by atoms with Crippen LogP contribution in [0.25, 0.3) is 0 Å². The first-order chi connectivity index (χ1) is 9.24. The fourth-order valence-electron chi connectivity index (χ4n) is 2.74. The molecular weight excluding hydrogens is 278 g/mol. The predicted octanol–water partition coefficient (Wildman–Crippen LogP) is 1.11. The molecule has 1 amide bonds. The van der Waals surface area contributed by atoms with Gasteiger partial charge >= 0.3 is 0 Å². The van der Waals surface area contributed by atoms with Gasteiger partial charge in [-0.1, -0.05) is 0 Å². The molecule has 1 aromatic carbocycles. The van der Waals surface area contributed by atoms with Crippen LogP contribution in [0.15, 0.2) is 12.1 Å². The number of fused-ring (bicyclic) bond motifs is 1. The molecule has 0 radical (unpaired) electrons. The zero-order chi connectivity index (χ0) is 13.2. The Morgan fingerprint density at radius 3 is 3.10 bits per heavy atom. The number of carbonyl (C=O) groups is 1. The minimum atomic E-state index is -0.0980. The highest BCUT2D eigenvalue weighted by Gasteiger charge is 2.22. The summed E-state index contributed by atoms with van der Waals surface area (Å²) in [6, 6.07) is 3.97. The average Bonchev–Trinajstić information content (AvgIpc) is 3.05. The van der Waals surface area contributed by atoms with Crippen LogP contribution in [0.1, 0.15) is 28.8 Å². The predicted molar refractivity (Wildman–Crippen MR) is 80.7 cm³/mol. The lowest BCUT2D eigenvalue weighted by molar-refractivity contribution is 0.0947. The van der Waals surface area contributed by atoms with Gasteiger partial charge in [0.25, 0.3) is 5.91 Å². The normalized spacial score (nSPS) is 19.9. The molecule has 110 valence electrons. The summed E-state index contributed by atoms with van der Waals surface area (Å²) in [5.41, 5.74) is 8.05. The quantitative estimate of drug-likeness (QED) is 0.731. The fourth-order valence-corrected chi connectivity index (χ4v) is 2.74. The minimum absolute atomic E-state index is 0. The summed E-state index contributed by atoms with van der Waals surface area (Å²) in [6.07, 6.45) is 3.12. The van der Waals surface area contributed by atoms with E-state index in [0.717, 1.165) is 24.9 Å². The lowest BCUT2D eigenvalue weighted by Gasteiger charge is -2.13. The lowest BCUT2D eigenvalue weighted by Crippen LogP contribution is -2.37. The summed E-state index contributed by atoms with van der Waals surface area (Å²) < 4.78 is 5.55. The number of hydrogen-bond donors (Lipinski definition) is 3. The SMILES string of the molecule is Cl.Nc1cc2c(c(C(=O)NCC3CCCN3)c1)OCC2. The van der Waals surface area contributed by atoms with Crippen molar-refractivity contribution in [2.24, 2.45) is 0 Å². The molecule has 1 fully saturated rings. The summed E-state index contributed by atoms with van der Waals surface area (Å²) in [4.78, 5) is 12.2. The highest BCUT2D eigenvalue weighted by atomic mass is 35.5. The molecule has 0 bridgehead atoms. The Bertz CT molecular complexity index is 501. The van der Waals surface area contributed by atoms with Crippen LogP contribution in [0.4, 0.5) is 5.69 Å². The smallest absolute Gasteiger partial charge is 0.255 e. The largest absolute Gasteiger partial charge is 0.492 e. The van der Waals surface area contributed by atoms with Crippen LogP contribution in [0.2, 0.25) is 0 Å². The molecule has 2 aliphatic heterocycles. The summed E-state index contributed by atoms with van der Waals surface area (Å²) in [7, 11) is 0. The molecule has 2 heterocycles. The van der Waals surface area contributed by atoms with Gasteiger partial charge in [0.05, 0.1) is 12.2 Å². The Morgan fingerprint density at radius 1 is 1.50 bits per heavy atom. The number of benzene rings is 1. The number of nitrogen functional groups attached to an aromatic ring is 1.